The molecule has 0 bridgehead atoms. The lowest BCUT2D eigenvalue weighted by molar-refractivity contribution is -0.385. The summed E-state index contributed by atoms with van der Waals surface area (Å²) in [7, 11) is 0. The van der Waals surface area contributed by atoms with Crippen molar-refractivity contribution >= 4 is 23.3 Å². The van der Waals surface area contributed by atoms with Crippen LogP contribution < -0.4 is 24.8 Å². The Labute approximate surface area is 173 Å². The highest BCUT2D eigenvalue weighted by molar-refractivity contribution is 6.01. The molecule has 0 saturated carbocycles. The fraction of sp³-hybridized carbons (Fsp3) is 0.300. The van der Waals surface area contributed by atoms with Crippen molar-refractivity contribution in [2.24, 2.45) is 0 Å². The molecular weight excluding hydrogens is 394 g/mol. The molecule has 0 saturated heterocycles. The summed E-state index contributed by atoms with van der Waals surface area (Å²) in [5, 5.41) is 15.7. The van der Waals surface area contributed by atoms with Crippen molar-refractivity contribution < 1.29 is 28.7 Å². The van der Waals surface area contributed by atoms with Crippen molar-refractivity contribution in [2.45, 2.75) is 20.8 Å². The first-order valence-corrected chi connectivity index (χ1v) is 9.22. The zero-order chi connectivity index (χ0) is 22.1. The van der Waals surface area contributed by atoms with Crippen LogP contribution in [-0.2, 0) is 4.79 Å². The second-order valence-corrected chi connectivity index (χ2v) is 6.05. The van der Waals surface area contributed by atoms with Gasteiger partial charge in [-0.2, -0.15) is 0 Å². The largest absolute Gasteiger partial charge is 0.490 e. The Hall–Kier alpha value is -3.82. The van der Waals surface area contributed by atoms with Gasteiger partial charge in [0.15, 0.2) is 23.9 Å². The van der Waals surface area contributed by atoms with Crippen LogP contribution in [0.1, 0.15) is 19.4 Å². The second kappa shape index (κ2) is 10.6. The summed E-state index contributed by atoms with van der Waals surface area (Å²) in [6.45, 7) is 5.67. The van der Waals surface area contributed by atoms with E-state index in [4.69, 9.17) is 14.2 Å². The number of carbonyl (C=O) groups is 2. The Kier molecular flexibility index (Phi) is 7.98. The highest BCUT2D eigenvalue weighted by atomic mass is 16.6. The summed E-state index contributed by atoms with van der Waals surface area (Å²) in [6, 6.07) is 8.39. The fourth-order valence-corrected chi connectivity index (χ4v) is 2.49. The smallest absolute Gasteiger partial charge is 0.325 e. The summed E-state index contributed by atoms with van der Waals surface area (Å²) < 4.78 is 16.1. The van der Waals surface area contributed by atoms with Gasteiger partial charge in [0.2, 0.25) is 0 Å². The molecular formula is C20H23N3O7. The molecule has 30 heavy (non-hydrogen) atoms. The van der Waals surface area contributed by atoms with Crippen LogP contribution in [0.5, 0.6) is 17.2 Å². The molecule has 0 fully saturated rings. The van der Waals surface area contributed by atoms with E-state index in [0.29, 0.717) is 36.0 Å². The van der Waals surface area contributed by atoms with Gasteiger partial charge in [0, 0.05) is 17.8 Å². The Bertz CT molecular complexity index is 931. The van der Waals surface area contributed by atoms with Crippen molar-refractivity contribution in [1.82, 2.24) is 5.32 Å². The average Bonchev–Trinajstić information content (AvgIpc) is 2.69. The van der Waals surface area contributed by atoms with E-state index in [1.807, 2.05) is 13.8 Å². The topological polar surface area (TPSA) is 129 Å². The maximum absolute atomic E-state index is 12.1. The zero-order valence-corrected chi connectivity index (χ0v) is 16.9. The predicted molar refractivity (Wildman–Crippen MR) is 109 cm³/mol. The van der Waals surface area contributed by atoms with Crippen LogP contribution in [0.15, 0.2) is 36.4 Å². The molecule has 2 rings (SSSR count). The van der Waals surface area contributed by atoms with Crippen LogP contribution in [0.3, 0.4) is 0 Å². The van der Waals surface area contributed by atoms with E-state index in [9.17, 15) is 19.7 Å². The number of benzene rings is 2. The molecule has 0 heterocycles. The van der Waals surface area contributed by atoms with E-state index in [1.54, 1.807) is 31.2 Å². The molecule has 3 amide bonds. The number of nitrogens with zero attached hydrogens (tertiary/aromatic N) is 1. The molecule has 0 aliphatic heterocycles. The van der Waals surface area contributed by atoms with Gasteiger partial charge in [-0.3, -0.25) is 20.2 Å². The molecule has 0 atom stereocenters. The fourth-order valence-electron chi connectivity index (χ4n) is 2.49. The standard InChI is InChI=1S/C20H23N3O7/c1-4-28-17-9-7-14(11-18(17)29-5-2)21-20(25)22-19(24)12-30-16-8-6-13(3)10-15(16)23(26)27/h6-11H,4-5,12H2,1-3H3,(H2,21,22,24,25). The summed E-state index contributed by atoms with van der Waals surface area (Å²) >= 11 is 0. The van der Waals surface area contributed by atoms with Gasteiger partial charge in [0.05, 0.1) is 18.1 Å². The van der Waals surface area contributed by atoms with Gasteiger partial charge in [-0.1, -0.05) is 6.07 Å². The highest BCUT2D eigenvalue weighted by Gasteiger charge is 2.17. The summed E-state index contributed by atoms with van der Waals surface area (Å²) in [5.41, 5.74) is 0.812. The van der Waals surface area contributed by atoms with Crippen LogP contribution in [0.4, 0.5) is 16.2 Å². The Morgan fingerprint density at radius 1 is 0.967 bits per heavy atom. The second-order valence-electron chi connectivity index (χ2n) is 6.05. The lowest BCUT2D eigenvalue weighted by Crippen LogP contribution is -2.37. The Morgan fingerprint density at radius 2 is 1.63 bits per heavy atom. The number of imide groups is 1. The van der Waals surface area contributed by atoms with E-state index in [-0.39, 0.29) is 11.4 Å². The van der Waals surface area contributed by atoms with Crippen LogP contribution in [0, 0.1) is 17.0 Å². The number of aryl methyl sites for hydroxylation is 1. The number of nitro groups is 1. The lowest BCUT2D eigenvalue weighted by atomic mass is 10.2. The highest BCUT2D eigenvalue weighted by Crippen LogP contribution is 2.30. The number of hydrogen-bond acceptors (Lipinski definition) is 7. The maximum atomic E-state index is 12.1. The molecule has 0 aromatic heterocycles. The van der Waals surface area contributed by atoms with Gasteiger partial charge in [-0.25, -0.2) is 4.79 Å². The van der Waals surface area contributed by atoms with Gasteiger partial charge in [-0.15, -0.1) is 0 Å². The minimum Gasteiger partial charge on any atom is -0.490 e. The van der Waals surface area contributed by atoms with Crippen molar-refractivity contribution in [2.75, 3.05) is 25.1 Å². The third-order valence-electron chi connectivity index (χ3n) is 3.72. The van der Waals surface area contributed by atoms with Gasteiger partial charge in [0.25, 0.3) is 5.91 Å². The lowest BCUT2D eigenvalue weighted by Gasteiger charge is -2.13. The van der Waals surface area contributed by atoms with E-state index >= 15 is 0 Å². The third-order valence-corrected chi connectivity index (χ3v) is 3.72. The van der Waals surface area contributed by atoms with Crippen LogP contribution in [0.25, 0.3) is 0 Å². The molecule has 10 nitrogen and oxygen atoms in total. The molecule has 160 valence electrons. The van der Waals surface area contributed by atoms with E-state index < -0.39 is 23.5 Å². The molecule has 10 heteroatoms. The summed E-state index contributed by atoms with van der Waals surface area (Å²) in [6.07, 6.45) is 0. The van der Waals surface area contributed by atoms with Gasteiger partial charge >= 0.3 is 11.7 Å². The molecule has 0 unspecified atom stereocenters. The van der Waals surface area contributed by atoms with Gasteiger partial charge in [0.1, 0.15) is 0 Å². The maximum Gasteiger partial charge on any atom is 0.325 e. The molecule has 0 spiro atoms. The number of carbonyl (C=O) groups excluding carboxylic acids is 2. The number of urea groups is 1. The number of nitrogens with one attached hydrogen (secondary N) is 2. The number of rotatable bonds is 9. The Balaban J connectivity index is 1.94. The zero-order valence-electron chi connectivity index (χ0n) is 16.9. The molecule has 0 aliphatic carbocycles. The SMILES string of the molecule is CCOc1ccc(NC(=O)NC(=O)COc2ccc(C)cc2[N+](=O)[O-])cc1OCC. The number of hydrogen-bond donors (Lipinski definition) is 2. The minimum absolute atomic E-state index is 0.0611. The van der Waals surface area contributed by atoms with Crippen LogP contribution in [0.2, 0.25) is 0 Å². The number of nitro benzene ring substituents is 1. The van der Waals surface area contributed by atoms with E-state index in [1.165, 1.54) is 12.1 Å². The Morgan fingerprint density at radius 3 is 2.30 bits per heavy atom. The monoisotopic (exact) mass is 417 g/mol. The molecule has 0 aliphatic rings. The molecule has 2 N–H and O–H groups in total. The predicted octanol–water partition coefficient (Wildman–Crippen LogP) is 3.43. The minimum atomic E-state index is -0.784. The van der Waals surface area contributed by atoms with Crippen molar-refractivity contribution in [3.63, 3.8) is 0 Å². The van der Waals surface area contributed by atoms with E-state index in [0.717, 1.165) is 0 Å². The first-order valence-electron chi connectivity index (χ1n) is 9.22. The van der Waals surface area contributed by atoms with Crippen molar-refractivity contribution in [3.8, 4) is 17.2 Å². The van der Waals surface area contributed by atoms with Crippen LogP contribution in [-0.4, -0.2) is 36.7 Å². The van der Waals surface area contributed by atoms with Gasteiger partial charge < -0.3 is 19.5 Å². The quantitative estimate of drug-likeness (QED) is 0.472. The average molecular weight is 417 g/mol. The first kappa shape index (κ1) is 22.5. The number of anilines is 1. The number of ether oxygens (including phenoxy) is 3. The molecule has 0 radical (unpaired) electrons. The first-order chi connectivity index (χ1) is 14.3. The van der Waals surface area contributed by atoms with Crippen molar-refractivity contribution in [3.05, 3.63) is 52.1 Å². The molecule has 2 aromatic carbocycles. The van der Waals surface area contributed by atoms with Gasteiger partial charge in [-0.05, 0) is 44.5 Å². The number of amides is 3. The van der Waals surface area contributed by atoms with E-state index in [2.05, 4.69) is 10.6 Å². The van der Waals surface area contributed by atoms with Crippen molar-refractivity contribution in [1.29, 1.82) is 0 Å². The molecule has 2 aromatic rings. The summed E-state index contributed by atoms with van der Waals surface area (Å²) in [4.78, 5) is 34.5. The van der Waals surface area contributed by atoms with Crippen LogP contribution >= 0.6 is 0 Å². The summed E-state index contributed by atoms with van der Waals surface area (Å²) in [5.74, 6) is 0.167. The normalized spacial score (nSPS) is 10.1. The third kappa shape index (κ3) is 6.36.